The van der Waals surface area contributed by atoms with E-state index >= 15 is 0 Å². The van der Waals surface area contributed by atoms with Crippen LogP contribution in [-0.2, 0) is 9.47 Å². The number of anilines is 1. The molecule has 0 aliphatic carbocycles. The van der Waals surface area contributed by atoms with Gasteiger partial charge in [0, 0.05) is 50.7 Å². The highest BCUT2D eigenvalue weighted by atomic mass is 127. The number of rotatable bonds is 10. The number of methoxy groups -OCH3 is 3. The van der Waals surface area contributed by atoms with Gasteiger partial charge >= 0.3 is 0 Å². The Hall–Kier alpha value is -1.46. The third-order valence-electron chi connectivity index (χ3n) is 4.37. The summed E-state index contributed by atoms with van der Waals surface area (Å²) in [6, 6.07) is 3.70. The zero-order chi connectivity index (χ0) is 20.2. The van der Waals surface area contributed by atoms with Gasteiger partial charge < -0.3 is 34.3 Å². The fraction of sp³-hybridized carbons (Fsp3) is 0.650. The summed E-state index contributed by atoms with van der Waals surface area (Å²) in [7, 11) is 4.78. The topological polar surface area (TPSA) is 82.6 Å². The van der Waals surface area contributed by atoms with Crippen LogP contribution in [0.5, 0.6) is 17.2 Å². The Morgan fingerprint density at radius 1 is 1.10 bits per heavy atom. The summed E-state index contributed by atoms with van der Waals surface area (Å²) in [4.78, 5) is 4.62. The van der Waals surface area contributed by atoms with E-state index in [1.807, 2.05) is 19.1 Å². The zero-order valence-electron chi connectivity index (χ0n) is 17.8. The van der Waals surface area contributed by atoms with E-state index in [0.29, 0.717) is 42.5 Å². The lowest BCUT2D eigenvalue weighted by molar-refractivity contribution is -0.0318. The van der Waals surface area contributed by atoms with Gasteiger partial charge in [-0.05, 0) is 26.2 Å². The Balaban J connectivity index is 0.00000420. The van der Waals surface area contributed by atoms with Gasteiger partial charge in [0.05, 0.1) is 27.4 Å². The van der Waals surface area contributed by atoms with Crippen molar-refractivity contribution >= 4 is 35.6 Å². The predicted molar refractivity (Wildman–Crippen MR) is 126 cm³/mol. The number of hydrogen-bond donors (Lipinski definition) is 2. The molecule has 0 saturated carbocycles. The van der Waals surface area contributed by atoms with Crippen LogP contribution in [0, 0.1) is 0 Å². The molecule has 0 spiro atoms. The molecule has 0 aromatic heterocycles. The van der Waals surface area contributed by atoms with Gasteiger partial charge in [-0.3, -0.25) is 4.99 Å². The number of benzene rings is 1. The maximum atomic E-state index is 5.89. The SMILES string of the molecule is CCNC(=NCCCOC1CCOCC1)Nc1cc(OC)c(OC)c(OC)c1.I. The molecule has 0 radical (unpaired) electrons. The van der Waals surface area contributed by atoms with E-state index in [-0.39, 0.29) is 24.0 Å². The standard InChI is InChI=1S/C20H33N3O5.HI/c1-5-21-20(22-9-6-10-28-16-7-11-27-12-8-16)23-15-13-17(24-2)19(26-4)18(14-15)25-3;/h13-14,16H,5-12H2,1-4H3,(H2,21,22,23);1H. The van der Waals surface area contributed by atoms with Crippen LogP contribution in [0.25, 0.3) is 0 Å². The van der Waals surface area contributed by atoms with Gasteiger partial charge in [0.25, 0.3) is 0 Å². The molecule has 1 aromatic carbocycles. The third kappa shape index (κ3) is 8.43. The number of aliphatic imine (C=N–C) groups is 1. The third-order valence-corrected chi connectivity index (χ3v) is 4.37. The van der Waals surface area contributed by atoms with Crippen LogP contribution >= 0.6 is 24.0 Å². The van der Waals surface area contributed by atoms with Crippen LogP contribution in [0.15, 0.2) is 17.1 Å². The summed E-state index contributed by atoms with van der Waals surface area (Å²) >= 11 is 0. The monoisotopic (exact) mass is 523 g/mol. The van der Waals surface area contributed by atoms with Crippen molar-refractivity contribution in [3.05, 3.63) is 12.1 Å². The van der Waals surface area contributed by atoms with Crippen LogP contribution in [0.2, 0.25) is 0 Å². The number of halogens is 1. The van der Waals surface area contributed by atoms with Crippen molar-refractivity contribution in [2.45, 2.75) is 32.3 Å². The van der Waals surface area contributed by atoms with Crippen LogP contribution in [-0.4, -0.2) is 66.3 Å². The first kappa shape index (κ1) is 25.6. The summed E-state index contributed by atoms with van der Waals surface area (Å²) in [5.41, 5.74) is 0.799. The molecule has 0 atom stereocenters. The molecule has 166 valence electrons. The van der Waals surface area contributed by atoms with Crippen molar-refractivity contribution in [1.82, 2.24) is 5.32 Å². The second kappa shape index (κ2) is 14.5. The highest BCUT2D eigenvalue weighted by Gasteiger charge is 2.15. The molecule has 1 aliphatic rings. The highest BCUT2D eigenvalue weighted by Crippen LogP contribution is 2.39. The molecule has 1 heterocycles. The minimum absolute atomic E-state index is 0. The van der Waals surface area contributed by atoms with Crippen molar-refractivity contribution in [3.8, 4) is 17.2 Å². The average molecular weight is 523 g/mol. The Bertz CT molecular complexity index is 599. The summed E-state index contributed by atoms with van der Waals surface area (Å²) < 4.78 is 27.4. The lowest BCUT2D eigenvalue weighted by Gasteiger charge is -2.22. The predicted octanol–water partition coefficient (Wildman–Crippen LogP) is 3.29. The van der Waals surface area contributed by atoms with Crippen molar-refractivity contribution in [2.75, 3.05) is 59.6 Å². The first-order valence-corrected chi connectivity index (χ1v) is 9.76. The van der Waals surface area contributed by atoms with Crippen molar-refractivity contribution < 1.29 is 23.7 Å². The van der Waals surface area contributed by atoms with Gasteiger partial charge in [0.2, 0.25) is 5.75 Å². The summed E-state index contributed by atoms with van der Waals surface area (Å²) in [6.07, 6.45) is 3.15. The van der Waals surface area contributed by atoms with Crippen molar-refractivity contribution in [2.24, 2.45) is 4.99 Å². The largest absolute Gasteiger partial charge is 0.493 e. The summed E-state index contributed by atoms with van der Waals surface area (Å²) in [6.45, 7) is 5.76. The normalized spacial score (nSPS) is 14.7. The Kier molecular flexibility index (Phi) is 12.8. The Morgan fingerprint density at radius 2 is 1.76 bits per heavy atom. The number of hydrogen-bond acceptors (Lipinski definition) is 6. The van der Waals surface area contributed by atoms with E-state index in [4.69, 9.17) is 23.7 Å². The van der Waals surface area contributed by atoms with Gasteiger partial charge in [0.15, 0.2) is 17.5 Å². The lowest BCUT2D eigenvalue weighted by Crippen LogP contribution is -2.31. The van der Waals surface area contributed by atoms with Crippen LogP contribution in [0.1, 0.15) is 26.2 Å². The van der Waals surface area contributed by atoms with Crippen LogP contribution in [0.4, 0.5) is 5.69 Å². The molecule has 8 nitrogen and oxygen atoms in total. The first-order valence-electron chi connectivity index (χ1n) is 9.76. The van der Waals surface area contributed by atoms with Gasteiger partial charge in [0.1, 0.15) is 0 Å². The van der Waals surface area contributed by atoms with E-state index in [0.717, 1.165) is 44.7 Å². The van der Waals surface area contributed by atoms with Gasteiger partial charge in [-0.25, -0.2) is 0 Å². The highest BCUT2D eigenvalue weighted by molar-refractivity contribution is 14.0. The molecule has 1 saturated heterocycles. The lowest BCUT2D eigenvalue weighted by atomic mass is 10.1. The van der Waals surface area contributed by atoms with E-state index in [2.05, 4.69) is 15.6 Å². The molecule has 0 amide bonds. The molecule has 29 heavy (non-hydrogen) atoms. The molecular formula is C20H34IN3O5. The molecule has 0 bridgehead atoms. The van der Waals surface area contributed by atoms with E-state index < -0.39 is 0 Å². The maximum Gasteiger partial charge on any atom is 0.203 e. The molecule has 1 fully saturated rings. The van der Waals surface area contributed by atoms with Crippen LogP contribution in [0.3, 0.4) is 0 Å². The summed E-state index contributed by atoms with van der Waals surface area (Å²) in [5, 5.41) is 6.53. The van der Waals surface area contributed by atoms with E-state index in [9.17, 15) is 0 Å². The van der Waals surface area contributed by atoms with Gasteiger partial charge in [-0.1, -0.05) is 0 Å². The molecule has 0 unspecified atom stereocenters. The van der Waals surface area contributed by atoms with E-state index in [1.54, 1.807) is 21.3 Å². The smallest absolute Gasteiger partial charge is 0.203 e. The second-order valence-corrected chi connectivity index (χ2v) is 6.34. The number of nitrogens with zero attached hydrogens (tertiary/aromatic N) is 1. The first-order chi connectivity index (χ1) is 13.7. The minimum Gasteiger partial charge on any atom is -0.493 e. The Labute approximate surface area is 190 Å². The minimum atomic E-state index is 0. The molecule has 2 rings (SSSR count). The van der Waals surface area contributed by atoms with E-state index in [1.165, 1.54) is 0 Å². The molecular weight excluding hydrogens is 489 g/mol. The van der Waals surface area contributed by atoms with Crippen molar-refractivity contribution in [3.63, 3.8) is 0 Å². The summed E-state index contributed by atoms with van der Waals surface area (Å²) in [5.74, 6) is 2.43. The fourth-order valence-electron chi connectivity index (χ4n) is 2.95. The van der Waals surface area contributed by atoms with Crippen molar-refractivity contribution in [1.29, 1.82) is 0 Å². The molecule has 1 aliphatic heterocycles. The van der Waals surface area contributed by atoms with Crippen LogP contribution < -0.4 is 24.8 Å². The zero-order valence-corrected chi connectivity index (χ0v) is 20.1. The molecule has 9 heteroatoms. The quantitative estimate of drug-likeness (QED) is 0.211. The fourth-order valence-corrected chi connectivity index (χ4v) is 2.95. The Morgan fingerprint density at radius 3 is 2.31 bits per heavy atom. The molecule has 2 N–H and O–H groups in total. The number of nitrogens with one attached hydrogen (secondary N) is 2. The maximum absolute atomic E-state index is 5.89. The average Bonchev–Trinajstić information content (AvgIpc) is 2.73. The number of ether oxygens (including phenoxy) is 5. The van der Waals surface area contributed by atoms with Gasteiger partial charge in [-0.15, -0.1) is 24.0 Å². The number of guanidine groups is 1. The molecule has 1 aromatic rings. The van der Waals surface area contributed by atoms with Gasteiger partial charge in [-0.2, -0.15) is 0 Å². The second-order valence-electron chi connectivity index (χ2n) is 6.34.